The Balaban J connectivity index is 1.51. The van der Waals surface area contributed by atoms with E-state index in [1.54, 1.807) is 26.5 Å². The molecule has 1 aromatic heterocycles. The highest BCUT2D eigenvalue weighted by molar-refractivity contribution is 7.70. The van der Waals surface area contributed by atoms with Crippen molar-refractivity contribution >= 4 is 52.9 Å². The average Bonchev–Trinajstić information content (AvgIpc) is 2.82. The highest BCUT2D eigenvalue weighted by atomic mass is 35.5. The van der Waals surface area contributed by atoms with Gasteiger partial charge in [0.25, 0.3) is 0 Å². The van der Waals surface area contributed by atoms with E-state index >= 15 is 0 Å². The van der Waals surface area contributed by atoms with Crippen molar-refractivity contribution in [1.29, 1.82) is 0 Å². The molecule has 10 heteroatoms. The molecule has 1 fully saturated rings. The van der Waals surface area contributed by atoms with E-state index in [0.717, 1.165) is 43.0 Å². The van der Waals surface area contributed by atoms with E-state index in [0.29, 0.717) is 28.2 Å². The van der Waals surface area contributed by atoms with Crippen molar-refractivity contribution in [1.82, 2.24) is 9.97 Å². The lowest BCUT2D eigenvalue weighted by Crippen LogP contribution is -2.36. The molecule has 0 saturated carbocycles. The predicted octanol–water partition coefficient (Wildman–Crippen LogP) is 4.71. The van der Waals surface area contributed by atoms with Gasteiger partial charge in [0.1, 0.15) is 17.9 Å². The molecule has 8 nitrogen and oxygen atoms in total. The molecule has 1 aliphatic rings. The van der Waals surface area contributed by atoms with Gasteiger partial charge in [-0.3, -0.25) is 0 Å². The Morgan fingerprint density at radius 3 is 2.48 bits per heavy atom. The number of nitrogens with zero attached hydrogens (tertiary/aromatic N) is 3. The second kappa shape index (κ2) is 10.00. The Hall–Kier alpha value is -2.80. The molecule has 3 aromatic rings. The molecule has 0 spiro atoms. The van der Waals surface area contributed by atoms with Crippen LogP contribution < -0.4 is 25.6 Å². The number of hydrogen-bond donors (Lipinski definition) is 2. The number of ether oxygens (including phenoxy) is 2. The fourth-order valence-corrected chi connectivity index (χ4v) is 4.47. The van der Waals surface area contributed by atoms with Crippen LogP contribution in [0.2, 0.25) is 5.02 Å². The third kappa shape index (κ3) is 5.77. The number of anilines is 5. The first-order valence-corrected chi connectivity index (χ1v) is 13.5. The van der Waals surface area contributed by atoms with Gasteiger partial charge in [-0.05, 0) is 55.8 Å². The zero-order valence-corrected chi connectivity index (χ0v) is 20.5. The van der Waals surface area contributed by atoms with E-state index in [2.05, 4.69) is 37.6 Å². The Labute approximate surface area is 198 Å². The van der Waals surface area contributed by atoms with Crippen LogP contribution in [0.3, 0.4) is 0 Å². The molecule has 0 bridgehead atoms. The summed E-state index contributed by atoms with van der Waals surface area (Å²) in [6.45, 7) is 6.72. The number of methoxy groups -OCH3 is 1. The summed E-state index contributed by atoms with van der Waals surface area (Å²) in [5.74, 6) is 1.40. The van der Waals surface area contributed by atoms with Crippen LogP contribution in [0, 0.1) is 0 Å². The lowest BCUT2D eigenvalue weighted by molar-refractivity contribution is 0.122. The van der Waals surface area contributed by atoms with Crippen LogP contribution in [0.1, 0.15) is 0 Å². The summed E-state index contributed by atoms with van der Waals surface area (Å²) in [6, 6.07) is 13.5. The minimum Gasteiger partial charge on any atom is -0.495 e. The van der Waals surface area contributed by atoms with Gasteiger partial charge in [-0.2, -0.15) is 4.98 Å². The van der Waals surface area contributed by atoms with Crippen LogP contribution in [0.25, 0.3) is 0 Å². The predicted molar refractivity (Wildman–Crippen MR) is 135 cm³/mol. The fraction of sp³-hybridized carbons (Fsp3) is 0.304. The number of benzene rings is 2. The van der Waals surface area contributed by atoms with Crippen molar-refractivity contribution in [2.24, 2.45) is 0 Å². The molecule has 2 aromatic carbocycles. The number of rotatable bonds is 7. The Bertz CT molecular complexity index is 1160. The van der Waals surface area contributed by atoms with Gasteiger partial charge < -0.3 is 29.6 Å². The minimum absolute atomic E-state index is 0.356. The van der Waals surface area contributed by atoms with E-state index in [-0.39, 0.29) is 0 Å². The van der Waals surface area contributed by atoms with Crippen molar-refractivity contribution in [3.05, 3.63) is 53.7 Å². The fourth-order valence-electron chi connectivity index (χ4n) is 3.47. The first kappa shape index (κ1) is 23.4. The zero-order valence-electron chi connectivity index (χ0n) is 18.8. The van der Waals surface area contributed by atoms with Gasteiger partial charge >= 0.3 is 0 Å². The third-order valence-electron chi connectivity index (χ3n) is 5.30. The summed E-state index contributed by atoms with van der Waals surface area (Å²) in [7, 11) is -0.836. The molecular formula is C23H27ClN5O3P. The normalized spacial score (nSPS) is 14.1. The topological polar surface area (TPSA) is 88.6 Å². The molecule has 174 valence electrons. The smallest absolute Gasteiger partial charge is 0.229 e. The van der Waals surface area contributed by atoms with Crippen LogP contribution in [-0.2, 0) is 9.30 Å². The second-order valence-corrected chi connectivity index (χ2v) is 11.6. The summed E-state index contributed by atoms with van der Waals surface area (Å²) >= 11 is 6.34. The molecule has 0 unspecified atom stereocenters. The molecule has 0 atom stereocenters. The summed E-state index contributed by atoms with van der Waals surface area (Å²) in [6.07, 6.45) is 1.54. The minimum atomic E-state index is -2.40. The largest absolute Gasteiger partial charge is 0.495 e. The SMILES string of the molecule is COc1cc(P(C)(C)=O)ccc1Nc1ncc(Cl)c(Nc2ccc(N3CCOCC3)cc2)n1. The third-order valence-corrected chi connectivity index (χ3v) is 7.10. The van der Waals surface area contributed by atoms with Gasteiger partial charge in [0.15, 0.2) is 5.82 Å². The van der Waals surface area contributed by atoms with Gasteiger partial charge in [-0.25, -0.2) is 4.98 Å². The van der Waals surface area contributed by atoms with Crippen LogP contribution in [0.5, 0.6) is 5.75 Å². The standard InChI is InChI=1S/C23H27ClN5O3P/c1-31-21-14-18(33(2,3)30)8-9-20(21)27-23-25-15-19(24)22(28-23)26-16-4-6-17(7-5-16)29-10-12-32-13-11-29/h4-9,14-15H,10-13H2,1-3H3,(H2,25,26,27,28). The van der Waals surface area contributed by atoms with Gasteiger partial charge in [0.05, 0.1) is 32.2 Å². The highest BCUT2D eigenvalue weighted by Gasteiger charge is 2.16. The summed E-state index contributed by atoms with van der Waals surface area (Å²) < 4.78 is 23.3. The van der Waals surface area contributed by atoms with Crippen LogP contribution in [0.15, 0.2) is 48.7 Å². The molecule has 33 heavy (non-hydrogen) atoms. The molecule has 2 N–H and O–H groups in total. The lowest BCUT2D eigenvalue weighted by Gasteiger charge is -2.28. The lowest BCUT2D eigenvalue weighted by atomic mass is 10.2. The number of hydrogen-bond acceptors (Lipinski definition) is 8. The average molecular weight is 488 g/mol. The molecule has 1 aliphatic heterocycles. The van der Waals surface area contributed by atoms with Crippen molar-refractivity contribution in [2.45, 2.75) is 0 Å². The quantitative estimate of drug-likeness (QED) is 0.463. The Morgan fingerprint density at radius 1 is 1.09 bits per heavy atom. The number of morpholine rings is 1. The summed E-state index contributed by atoms with van der Waals surface area (Å²) in [5, 5.41) is 7.55. The molecule has 1 saturated heterocycles. The molecule has 0 aliphatic carbocycles. The molecular weight excluding hydrogens is 461 g/mol. The van der Waals surface area contributed by atoms with E-state index < -0.39 is 7.14 Å². The molecule has 2 heterocycles. The first-order chi connectivity index (χ1) is 15.8. The Morgan fingerprint density at radius 2 is 1.82 bits per heavy atom. The van der Waals surface area contributed by atoms with Crippen molar-refractivity contribution < 1.29 is 14.0 Å². The zero-order chi connectivity index (χ0) is 23.4. The number of halogens is 1. The molecule has 0 radical (unpaired) electrons. The van der Waals surface area contributed by atoms with Gasteiger partial charge in [0, 0.05) is 29.8 Å². The van der Waals surface area contributed by atoms with Crippen LogP contribution in [-0.4, -0.2) is 56.7 Å². The van der Waals surface area contributed by atoms with Gasteiger partial charge in [0.2, 0.25) is 5.95 Å². The molecule has 0 amide bonds. The first-order valence-electron chi connectivity index (χ1n) is 10.6. The molecule has 4 rings (SSSR count). The van der Waals surface area contributed by atoms with Crippen molar-refractivity contribution in [2.75, 3.05) is 62.3 Å². The van der Waals surface area contributed by atoms with Crippen LogP contribution >= 0.6 is 18.7 Å². The summed E-state index contributed by atoms with van der Waals surface area (Å²) in [4.78, 5) is 11.1. The highest BCUT2D eigenvalue weighted by Crippen LogP contribution is 2.38. The van der Waals surface area contributed by atoms with Crippen molar-refractivity contribution in [3.8, 4) is 5.75 Å². The van der Waals surface area contributed by atoms with Gasteiger partial charge in [-0.15, -0.1) is 0 Å². The summed E-state index contributed by atoms with van der Waals surface area (Å²) in [5.41, 5.74) is 2.68. The van der Waals surface area contributed by atoms with Gasteiger partial charge in [-0.1, -0.05) is 11.6 Å². The maximum absolute atomic E-state index is 12.4. The number of aromatic nitrogens is 2. The Kier molecular flexibility index (Phi) is 7.08. The van der Waals surface area contributed by atoms with Crippen molar-refractivity contribution in [3.63, 3.8) is 0 Å². The second-order valence-electron chi connectivity index (χ2n) is 8.02. The maximum Gasteiger partial charge on any atom is 0.229 e. The van der Waals surface area contributed by atoms with E-state index in [1.807, 2.05) is 24.3 Å². The van der Waals surface area contributed by atoms with E-state index in [9.17, 15) is 4.57 Å². The van der Waals surface area contributed by atoms with Crippen LogP contribution in [0.4, 0.5) is 28.8 Å². The monoisotopic (exact) mass is 487 g/mol. The number of nitrogens with one attached hydrogen (secondary N) is 2. The van der Waals surface area contributed by atoms with E-state index in [4.69, 9.17) is 21.1 Å². The maximum atomic E-state index is 12.4. The van der Waals surface area contributed by atoms with E-state index in [1.165, 1.54) is 6.20 Å².